The second-order valence-electron chi connectivity index (χ2n) is 4.30. The zero-order valence-electron chi connectivity index (χ0n) is 9.05. The Balaban J connectivity index is 2.08. The minimum absolute atomic E-state index is 0.476. The van der Waals surface area contributed by atoms with Crippen molar-refractivity contribution in [1.82, 2.24) is 0 Å². The van der Waals surface area contributed by atoms with Gasteiger partial charge in [0.05, 0.1) is 10.7 Å². The summed E-state index contributed by atoms with van der Waals surface area (Å²) < 4.78 is 1.00. The van der Waals surface area contributed by atoms with Crippen LogP contribution in [0.3, 0.4) is 0 Å². The van der Waals surface area contributed by atoms with E-state index in [1.165, 1.54) is 19.3 Å². The second kappa shape index (κ2) is 5.39. The molecule has 0 saturated heterocycles. The molecule has 2 rings (SSSR count). The maximum atomic E-state index is 6.18. The average molecular weight is 304 g/mol. The Morgan fingerprint density at radius 3 is 2.94 bits per heavy atom. The van der Waals surface area contributed by atoms with E-state index in [2.05, 4.69) is 21.2 Å². The lowest BCUT2D eigenvalue weighted by atomic mass is 10.0. The predicted molar refractivity (Wildman–Crippen MR) is 73.0 cm³/mol. The zero-order valence-corrected chi connectivity index (χ0v) is 11.4. The third-order valence-electron chi connectivity index (χ3n) is 3.23. The molecule has 1 aliphatic rings. The highest BCUT2D eigenvalue weighted by atomic mass is 79.9. The molecule has 0 bridgehead atoms. The molecule has 1 saturated carbocycles. The van der Waals surface area contributed by atoms with Gasteiger partial charge in [0.2, 0.25) is 0 Å². The maximum Gasteiger partial charge on any atom is 0.0648 e. The maximum absolute atomic E-state index is 6.18. The largest absolute Gasteiger partial charge is 0.381 e. The normalized spacial score (nSPS) is 24.7. The van der Waals surface area contributed by atoms with Gasteiger partial charge in [-0.15, -0.1) is 0 Å². The summed E-state index contributed by atoms with van der Waals surface area (Å²) in [5, 5.41) is 4.27. The van der Waals surface area contributed by atoms with Gasteiger partial charge in [-0.3, -0.25) is 0 Å². The molecule has 0 heterocycles. The summed E-state index contributed by atoms with van der Waals surface area (Å²) in [6.07, 6.45) is 3.67. The van der Waals surface area contributed by atoms with E-state index >= 15 is 0 Å². The molecule has 88 valence electrons. The van der Waals surface area contributed by atoms with Crippen LogP contribution >= 0.6 is 27.5 Å². The van der Waals surface area contributed by atoms with Gasteiger partial charge in [0.1, 0.15) is 0 Å². The highest BCUT2D eigenvalue weighted by Crippen LogP contribution is 2.31. The molecule has 1 aromatic carbocycles. The molecule has 3 N–H and O–H groups in total. The SMILES string of the molecule is NCC1CCCC1Nc1ccc(Br)cc1Cl. The van der Waals surface area contributed by atoms with Crippen LogP contribution in [0, 0.1) is 5.92 Å². The first kappa shape index (κ1) is 12.2. The van der Waals surface area contributed by atoms with Crippen molar-refractivity contribution < 1.29 is 0 Å². The summed E-state index contributed by atoms with van der Waals surface area (Å²) in [5.74, 6) is 0.583. The van der Waals surface area contributed by atoms with Crippen LogP contribution in [-0.2, 0) is 0 Å². The molecule has 0 spiro atoms. The van der Waals surface area contributed by atoms with Crippen LogP contribution in [0.4, 0.5) is 5.69 Å². The van der Waals surface area contributed by atoms with E-state index in [9.17, 15) is 0 Å². The van der Waals surface area contributed by atoms with Crippen molar-refractivity contribution in [2.45, 2.75) is 25.3 Å². The Morgan fingerprint density at radius 2 is 2.25 bits per heavy atom. The summed E-state index contributed by atoms with van der Waals surface area (Å²) >= 11 is 9.58. The molecule has 1 aliphatic carbocycles. The molecule has 1 fully saturated rings. The lowest BCUT2D eigenvalue weighted by Gasteiger charge is -2.21. The molecule has 2 unspecified atom stereocenters. The van der Waals surface area contributed by atoms with Crippen molar-refractivity contribution in [1.29, 1.82) is 0 Å². The molecule has 2 atom stereocenters. The van der Waals surface area contributed by atoms with Crippen molar-refractivity contribution in [3.05, 3.63) is 27.7 Å². The summed E-state index contributed by atoms with van der Waals surface area (Å²) in [7, 11) is 0. The fraction of sp³-hybridized carbons (Fsp3) is 0.500. The molecule has 16 heavy (non-hydrogen) atoms. The van der Waals surface area contributed by atoms with E-state index in [4.69, 9.17) is 17.3 Å². The summed E-state index contributed by atoms with van der Waals surface area (Å²) in [6.45, 7) is 0.756. The standard InChI is InChI=1S/C12H16BrClN2/c13-9-4-5-12(10(14)6-9)16-11-3-1-2-8(11)7-15/h4-6,8,11,16H,1-3,7,15H2. The van der Waals surface area contributed by atoms with Crippen LogP contribution in [0.5, 0.6) is 0 Å². The fourth-order valence-electron chi connectivity index (χ4n) is 2.32. The third-order valence-corrected chi connectivity index (χ3v) is 4.04. The highest BCUT2D eigenvalue weighted by molar-refractivity contribution is 9.10. The Morgan fingerprint density at radius 1 is 1.44 bits per heavy atom. The zero-order chi connectivity index (χ0) is 11.5. The smallest absolute Gasteiger partial charge is 0.0648 e. The van der Waals surface area contributed by atoms with Gasteiger partial charge in [0, 0.05) is 10.5 Å². The first-order valence-electron chi connectivity index (χ1n) is 5.62. The summed E-state index contributed by atoms with van der Waals surface area (Å²) in [6, 6.07) is 6.40. The van der Waals surface area contributed by atoms with Gasteiger partial charge in [0.25, 0.3) is 0 Å². The quantitative estimate of drug-likeness (QED) is 0.894. The molecule has 0 radical (unpaired) electrons. The number of benzene rings is 1. The first-order valence-corrected chi connectivity index (χ1v) is 6.79. The summed E-state index contributed by atoms with van der Waals surface area (Å²) in [5.41, 5.74) is 6.77. The average Bonchev–Trinajstić information content (AvgIpc) is 2.69. The molecule has 0 aromatic heterocycles. The molecule has 1 aromatic rings. The Hall–Kier alpha value is -0.250. The van der Waals surface area contributed by atoms with Gasteiger partial charge in [-0.1, -0.05) is 34.0 Å². The van der Waals surface area contributed by atoms with Crippen molar-refractivity contribution in [3.8, 4) is 0 Å². The van der Waals surface area contributed by atoms with Crippen molar-refractivity contribution in [2.75, 3.05) is 11.9 Å². The third kappa shape index (κ3) is 2.70. The monoisotopic (exact) mass is 302 g/mol. The molecule has 0 aliphatic heterocycles. The van der Waals surface area contributed by atoms with Gasteiger partial charge in [-0.25, -0.2) is 0 Å². The van der Waals surface area contributed by atoms with Crippen LogP contribution in [0.15, 0.2) is 22.7 Å². The van der Waals surface area contributed by atoms with Crippen molar-refractivity contribution in [2.24, 2.45) is 11.7 Å². The predicted octanol–water partition coefficient (Wildman–Crippen LogP) is 3.64. The lowest BCUT2D eigenvalue weighted by molar-refractivity contribution is 0.516. The van der Waals surface area contributed by atoms with Gasteiger partial charge in [0.15, 0.2) is 0 Å². The van der Waals surface area contributed by atoms with Crippen molar-refractivity contribution in [3.63, 3.8) is 0 Å². The number of hydrogen-bond donors (Lipinski definition) is 2. The molecule has 2 nitrogen and oxygen atoms in total. The number of halogens is 2. The van der Waals surface area contributed by atoms with Crippen LogP contribution in [0.1, 0.15) is 19.3 Å². The number of rotatable bonds is 3. The van der Waals surface area contributed by atoms with E-state index in [0.717, 1.165) is 21.7 Å². The Kier molecular flexibility index (Phi) is 4.11. The van der Waals surface area contributed by atoms with Gasteiger partial charge in [-0.2, -0.15) is 0 Å². The van der Waals surface area contributed by atoms with Gasteiger partial charge in [-0.05, 0) is 43.5 Å². The number of hydrogen-bond acceptors (Lipinski definition) is 2. The minimum atomic E-state index is 0.476. The second-order valence-corrected chi connectivity index (χ2v) is 5.62. The minimum Gasteiger partial charge on any atom is -0.381 e. The fourth-order valence-corrected chi connectivity index (χ4v) is 3.04. The number of nitrogens with two attached hydrogens (primary N) is 1. The van der Waals surface area contributed by atoms with E-state index in [1.54, 1.807) is 0 Å². The van der Waals surface area contributed by atoms with E-state index in [1.807, 2.05) is 18.2 Å². The Bertz CT molecular complexity index is 370. The molecule has 4 heteroatoms. The number of anilines is 1. The topological polar surface area (TPSA) is 38.0 Å². The van der Waals surface area contributed by atoms with Crippen LogP contribution < -0.4 is 11.1 Å². The van der Waals surface area contributed by atoms with E-state index < -0.39 is 0 Å². The molecule has 0 amide bonds. The van der Waals surface area contributed by atoms with Crippen LogP contribution in [-0.4, -0.2) is 12.6 Å². The van der Waals surface area contributed by atoms with Crippen LogP contribution in [0.25, 0.3) is 0 Å². The van der Waals surface area contributed by atoms with Crippen molar-refractivity contribution >= 4 is 33.2 Å². The molecular weight excluding hydrogens is 288 g/mol. The van der Waals surface area contributed by atoms with E-state index in [0.29, 0.717) is 12.0 Å². The van der Waals surface area contributed by atoms with Gasteiger partial charge < -0.3 is 11.1 Å². The Labute approximate surface area is 110 Å². The summed E-state index contributed by atoms with van der Waals surface area (Å²) in [4.78, 5) is 0. The van der Waals surface area contributed by atoms with Crippen LogP contribution in [0.2, 0.25) is 5.02 Å². The molecular formula is C12H16BrClN2. The van der Waals surface area contributed by atoms with E-state index in [-0.39, 0.29) is 0 Å². The first-order chi connectivity index (χ1) is 7.70. The number of nitrogens with one attached hydrogen (secondary N) is 1. The highest BCUT2D eigenvalue weighted by Gasteiger charge is 2.26. The lowest BCUT2D eigenvalue weighted by Crippen LogP contribution is -2.29. The van der Waals surface area contributed by atoms with Gasteiger partial charge >= 0.3 is 0 Å².